The maximum Gasteiger partial charge on any atom is 0.424 e. The second-order valence-corrected chi connectivity index (χ2v) is 5.90. The molecule has 0 aliphatic carbocycles. The Hall–Kier alpha value is -2.47. The second kappa shape index (κ2) is 6.53. The van der Waals surface area contributed by atoms with Gasteiger partial charge in [-0.05, 0) is 26.3 Å². The number of carbonyl (C=O) groups excluding carboxylic acids is 1. The Kier molecular flexibility index (Phi) is 4.72. The molecule has 0 saturated heterocycles. The number of aromatic nitrogens is 2. The minimum atomic E-state index is -0.565. The molecular weight excluding hydrogens is 280 g/mol. The Balaban J connectivity index is 2.01. The minimum Gasteiger partial charge on any atom is -0.443 e. The van der Waals surface area contributed by atoms with Crippen LogP contribution in [-0.4, -0.2) is 26.7 Å². The van der Waals surface area contributed by atoms with Gasteiger partial charge in [-0.15, -0.1) is 0 Å². The standard InChI is InChI=1S/C16H20N4O2/c1-16(2,3)22-15(21)20(17)11-12-4-6-13(7-5-12)14-10-18-8-9-19-14/h4-10H,11,17H2,1-3H3. The first-order valence-electron chi connectivity index (χ1n) is 6.96. The summed E-state index contributed by atoms with van der Waals surface area (Å²) in [7, 11) is 0. The molecule has 0 radical (unpaired) electrons. The molecule has 1 aromatic carbocycles. The smallest absolute Gasteiger partial charge is 0.424 e. The van der Waals surface area contributed by atoms with E-state index in [4.69, 9.17) is 10.6 Å². The molecule has 1 amide bonds. The zero-order valence-electron chi connectivity index (χ0n) is 13.0. The molecule has 1 aromatic heterocycles. The van der Waals surface area contributed by atoms with E-state index in [0.29, 0.717) is 0 Å². The van der Waals surface area contributed by atoms with E-state index in [2.05, 4.69) is 9.97 Å². The van der Waals surface area contributed by atoms with Gasteiger partial charge in [0, 0.05) is 18.0 Å². The summed E-state index contributed by atoms with van der Waals surface area (Å²) >= 11 is 0. The molecule has 0 fully saturated rings. The number of hydrogen-bond acceptors (Lipinski definition) is 5. The zero-order valence-corrected chi connectivity index (χ0v) is 13.0. The van der Waals surface area contributed by atoms with Gasteiger partial charge in [0.2, 0.25) is 0 Å². The summed E-state index contributed by atoms with van der Waals surface area (Å²) in [6.45, 7) is 5.67. The lowest BCUT2D eigenvalue weighted by Gasteiger charge is -2.24. The second-order valence-electron chi connectivity index (χ2n) is 5.90. The van der Waals surface area contributed by atoms with Gasteiger partial charge in [0.05, 0.1) is 18.4 Å². The molecule has 0 aliphatic rings. The highest BCUT2D eigenvalue weighted by Crippen LogP contribution is 2.17. The molecule has 2 rings (SSSR count). The molecule has 6 heteroatoms. The quantitative estimate of drug-likeness (QED) is 0.535. The monoisotopic (exact) mass is 300 g/mol. The van der Waals surface area contributed by atoms with E-state index in [-0.39, 0.29) is 6.54 Å². The number of amides is 1. The van der Waals surface area contributed by atoms with Crippen LogP contribution in [0, 0.1) is 0 Å². The number of hydrogen-bond donors (Lipinski definition) is 1. The van der Waals surface area contributed by atoms with Gasteiger partial charge < -0.3 is 4.74 Å². The van der Waals surface area contributed by atoms with Crippen molar-refractivity contribution in [2.75, 3.05) is 0 Å². The van der Waals surface area contributed by atoms with Gasteiger partial charge in [0.25, 0.3) is 0 Å². The summed E-state index contributed by atoms with van der Waals surface area (Å²) in [5, 5.41) is 1.06. The Morgan fingerprint density at radius 1 is 1.23 bits per heavy atom. The fraction of sp³-hybridized carbons (Fsp3) is 0.312. The molecule has 2 N–H and O–H groups in total. The van der Waals surface area contributed by atoms with Gasteiger partial charge in [-0.25, -0.2) is 15.6 Å². The molecule has 116 valence electrons. The Morgan fingerprint density at radius 3 is 2.45 bits per heavy atom. The Bertz CT molecular complexity index is 621. The summed E-state index contributed by atoms with van der Waals surface area (Å²) < 4.78 is 5.21. The van der Waals surface area contributed by atoms with Gasteiger partial charge >= 0.3 is 6.09 Å². The van der Waals surface area contributed by atoms with E-state index in [1.807, 2.05) is 24.3 Å². The van der Waals surface area contributed by atoms with Crippen molar-refractivity contribution in [3.63, 3.8) is 0 Å². The molecule has 0 bridgehead atoms. The largest absolute Gasteiger partial charge is 0.443 e. The average Bonchev–Trinajstić information content (AvgIpc) is 2.47. The van der Waals surface area contributed by atoms with Crippen molar-refractivity contribution in [2.45, 2.75) is 32.9 Å². The van der Waals surface area contributed by atoms with E-state index in [1.165, 1.54) is 0 Å². The van der Waals surface area contributed by atoms with E-state index in [9.17, 15) is 4.79 Å². The molecule has 1 heterocycles. The fourth-order valence-corrected chi connectivity index (χ4v) is 1.81. The molecule has 6 nitrogen and oxygen atoms in total. The van der Waals surface area contributed by atoms with Crippen molar-refractivity contribution in [2.24, 2.45) is 5.84 Å². The normalized spacial score (nSPS) is 11.1. The summed E-state index contributed by atoms with van der Waals surface area (Å²) in [6.07, 6.45) is 4.43. The van der Waals surface area contributed by atoms with E-state index in [0.717, 1.165) is 21.8 Å². The van der Waals surface area contributed by atoms with Crippen molar-refractivity contribution in [3.05, 3.63) is 48.4 Å². The van der Waals surface area contributed by atoms with Crippen molar-refractivity contribution in [1.82, 2.24) is 15.0 Å². The molecule has 2 aromatic rings. The third kappa shape index (κ3) is 4.53. The SMILES string of the molecule is CC(C)(C)OC(=O)N(N)Cc1ccc(-c2cnccn2)cc1. The van der Waals surface area contributed by atoms with Crippen LogP contribution < -0.4 is 5.84 Å². The van der Waals surface area contributed by atoms with Crippen molar-refractivity contribution in [1.29, 1.82) is 0 Å². The van der Waals surface area contributed by atoms with Crippen LogP contribution in [0.5, 0.6) is 0 Å². The highest BCUT2D eigenvalue weighted by atomic mass is 16.6. The van der Waals surface area contributed by atoms with Crippen molar-refractivity contribution >= 4 is 6.09 Å². The number of benzene rings is 1. The van der Waals surface area contributed by atoms with Crippen LogP contribution in [0.3, 0.4) is 0 Å². The van der Waals surface area contributed by atoms with Crippen LogP contribution in [-0.2, 0) is 11.3 Å². The lowest BCUT2D eigenvalue weighted by atomic mass is 10.1. The fourth-order valence-electron chi connectivity index (χ4n) is 1.81. The predicted molar refractivity (Wildman–Crippen MR) is 83.4 cm³/mol. The van der Waals surface area contributed by atoms with Gasteiger partial charge in [-0.3, -0.25) is 9.97 Å². The van der Waals surface area contributed by atoms with Crippen LogP contribution in [0.25, 0.3) is 11.3 Å². The Labute approximate surface area is 129 Å². The molecule has 0 saturated carbocycles. The number of ether oxygens (including phenoxy) is 1. The highest BCUT2D eigenvalue weighted by molar-refractivity contribution is 5.67. The maximum atomic E-state index is 11.8. The first kappa shape index (κ1) is 15.9. The first-order chi connectivity index (χ1) is 10.3. The van der Waals surface area contributed by atoms with Crippen LogP contribution in [0.15, 0.2) is 42.9 Å². The third-order valence-corrected chi connectivity index (χ3v) is 2.79. The molecule has 0 atom stereocenters. The summed E-state index contributed by atoms with van der Waals surface area (Å²) in [4.78, 5) is 20.1. The molecular formula is C16H20N4O2. The van der Waals surface area contributed by atoms with Crippen molar-refractivity contribution < 1.29 is 9.53 Å². The summed E-state index contributed by atoms with van der Waals surface area (Å²) in [5.41, 5.74) is 2.09. The predicted octanol–water partition coefficient (Wildman–Crippen LogP) is 2.75. The lowest BCUT2D eigenvalue weighted by Crippen LogP contribution is -2.40. The number of nitrogens with zero attached hydrogens (tertiary/aromatic N) is 3. The van der Waals surface area contributed by atoms with Crippen molar-refractivity contribution in [3.8, 4) is 11.3 Å². The zero-order chi connectivity index (χ0) is 16.2. The van der Waals surface area contributed by atoms with E-state index >= 15 is 0 Å². The van der Waals surface area contributed by atoms with Gasteiger partial charge in [-0.2, -0.15) is 0 Å². The van der Waals surface area contributed by atoms with Crippen LogP contribution in [0.2, 0.25) is 0 Å². The molecule has 22 heavy (non-hydrogen) atoms. The molecule has 0 spiro atoms. The van der Waals surface area contributed by atoms with Crippen LogP contribution in [0.1, 0.15) is 26.3 Å². The first-order valence-corrected chi connectivity index (χ1v) is 6.96. The third-order valence-electron chi connectivity index (χ3n) is 2.79. The van der Waals surface area contributed by atoms with Crippen LogP contribution in [0.4, 0.5) is 4.79 Å². The summed E-state index contributed by atoms with van der Waals surface area (Å²) in [6, 6.07) is 7.63. The molecule has 0 aliphatic heterocycles. The molecule has 0 unspecified atom stereocenters. The highest BCUT2D eigenvalue weighted by Gasteiger charge is 2.20. The lowest BCUT2D eigenvalue weighted by molar-refractivity contribution is 0.0231. The van der Waals surface area contributed by atoms with Gasteiger partial charge in [0.15, 0.2) is 0 Å². The number of rotatable bonds is 3. The number of hydrazine groups is 1. The topological polar surface area (TPSA) is 81.3 Å². The van der Waals surface area contributed by atoms with Crippen LogP contribution >= 0.6 is 0 Å². The summed E-state index contributed by atoms with van der Waals surface area (Å²) in [5.74, 6) is 5.74. The number of carbonyl (C=O) groups is 1. The maximum absolute atomic E-state index is 11.8. The Morgan fingerprint density at radius 2 is 1.91 bits per heavy atom. The van der Waals surface area contributed by atoms with E-state index < -0.39 is 11.7 Å². The average molecular weight is 300 g/mol. The van der Waals surface area contributed by atoms with Gasteiger partial charge in [-0.1, -0.05) is 24.3 Å². The van der Waals surface area contributed by atoms with Gasteiger partial charge in [0.1, 0.15) is 5.60 Å². The minimum absolute atomic E-state index is 0.273. The van der Waals surface area contributed by atoms with E-state index in [1.54, 1.807) is 39.4 Å². The number of nitrogens with two attached hydrogens (primary N) is 1.